The molecule has 10 heteroatoms. The van der Waals surface area contributed by atoms with Crippen molar-refractivity contribution in [3.8, 4) is 0 Å². The molecule has 2 atom stereocenters. The number of nitrogens with one attached hydrogen (secondary N) is 1. The number of aromatic nitrogens is 2. The minimum Gasteiger partial charge on any atom is -0.449 e. The first kappa shape index (κ1) is 23.2. The Hall–Kier alpha value is -3.43. The Balaban J connectivity index is 1.73. The third kappa shape index (κ3) is 4.90. The second kappa shape index (κ2) is 9.37. The summed E-state index contributed by atoms with van der Waals surface area (Å²) >= 11 is 0. The monoisotopic (exact) mass is 443 g/mol. The zero-order valence-corrected chi connectivity index (χ0v) is 19.0. The number of nitro groups is 1. The fraction of sp³-hybridized carbons (Fsp3) is 0.500. The molecule has 172 valence electrons. The van der Waals surface area contributed by atoms with E-state index in [4.69, 9.17) is 4.74 Å². The Morgan fingerprint density at radius 1 is 1.34 bits per heavy atom. The fourth-order valence-corrected chi connectivity index (χ4v) is 3.93. The van der Waals surface area contributed by atoms with Crippen molar-refractivity contribution in [1.82, 2.24) is 9.78 Å². The Labute approximate surface area is 186 Å². The molecule has 1 aromatic carbocycles. The van der Waals surface area contributed by atoms with Gasteiger partial charge in [0.2, 0.25) is 0 Å². The van der Waals surface area contributed by atoms with Crippen LogP contribution in [0.2, 0.25) is 0 Å². The summed E-state index contributed by atoms with van der Waals surface area (Å²) in [5.41, 5.74) is 2.36. The predicted molar refractivity (Wildman–Crippen MR) is 120 cm³/mol. The van der Waals surface area contributed by atoms with E-state index in [9.17, 15) is 19.7 Å². The van der Waals surface area contributed by atoms with Crippen LogP contribution in [-0.2, 0) is 16.6 Å². The van der Waals surface area contributed by atoms with E-state index in [1.165, 1.54) is 19.1 Å². The van der Waals surface area contributed by atoms with E-state index in [1.54, 1.807) is 24.7 Å². The molecule has 3 rings (SSSR count). The Morgan fingerprint density at radius 3 is 2.66 bits per heavy atom. The van der Waals surface area contributed by atoms with E-state index < -0.39 is 22.9 Å². The molecule has 1 saturated heterocycles. The third-order valence-electron chi connectivity index (χ3n) is 5.82. The van der Waals surface area contributed by atoms with E-state index in [0.717, 1.165) is 31.6 Å². The SMILES string of the molecule is Cc1nn(C)c(C)c1NC(=O)[C@@H](C)OC(=O)c1ccc(N2CCC[C@@H](C)C2)c([N+](=O)[O-])c1. The molecule has 0 spiro atoms. The summed E-state index contributed by atoms with van der Waals surface area (Å²) in [6, 6.07) is 4.31. The maximum atomic E-state index is 12.6. The number of carbonyl (C=O) groups is 2. The summed E-state index contributed by atoms with van der Waals surface area (Å²) in [7, 11) is 1.77. The second-order valence-corrected chi connectivity index (χ2v) is 8.36. The van der Waals surface area contributed by atoms with Gasteiger partial charge in [0.1, 0.15) is 5.69 Å². The molecule has 0 bridgehead atoms. The maximum absolute atomic E-state index is 12.6. The molecule has 32 heavy (non-hydrogen) atoms. The van der Waals surface area contributed by atoms with Gasteiger partial charge in [-0.15, -0.1) is 0 Å². The first-order valence-corrected chi connectivity index (χ1v) is 10.6. The number of amides is 1. The van der Waals surface area contributed by atoms with Crippen LogP contribution in [0.15, 0.2) is 18.2 Å². The van der Waals surface area contributed by atoms with Crippen LogP contribution in [-0.4, -0.2) is 45.8 Å². The summed E-state index contributed by atoms with van der Waals surface area (Å²) in [5.74, 6) is -0.862. The quantitative estimate of drug-likeness (QED) is 0.413. The second-order valence-electron chi connectivity index (χ2n) is 8.36. The third-order valence-corrected chi connectivity index (χ3v) is 5.82. The smallest absolute Gasteiger partial charge is 0.339 e. The van der Waals surface area contributed by atoms with E-state index in [-0.39, 0.29) is 11.3 Å². The van der Waals surface area contributed by atoms with Crippen LogP contribution in [0.3, 0.4) is 0 Å². The van der Waals surface area contributed by atoms with Crippen molar-refractivity contribution in [3.63, 3.8) is 0 Å². The zero-order chi connectivity index (χ0) is 23.6. The summed E-state index contributed by atoms with van der Waals surface area (Å²) in [6.45, 7) is 8.62. The van der Waals surface area contributed by atoms with Crippen LogP contribution < -0.4 is 10.2 Å². The van der Waals surface area contributed by atoms with E-state index >= 15 is 0 Å². The van der Waals surface area contributed by atoms with Gasteiger partial charge >= 0.3 is 5.97 Å². The molecule has 1 amide bonds. The lowest BCUT2D eigenvalue weighted by atomic mass is 9.99. The number of nitrogens with zero attached hydrogens (tertiary/aromatic N) is 4. The number of carbonyl (C=O) groups excluding carboxylic acids is 2. The van der Waals surface area contributed by atoms with Crippen molar-refractivity contribution >= 4 is 28.9 Å². The minimum absolute atomic E-state index is 0.0268. The fourth-order valence-electron chi connectivity index (χ4n) is 3.93. The lowest BCUT2D eigenvalue weighted by Gasteiger charge is -2.32. The van der Waals surface area contributed by atoms with Crippen LogP contribution in [0.1, 0.15) is 48.4 Å². The molecule has 1 fully saturated rings. The number of aryl methyl sites for hydroxylation is 2. The highest BCUT2D eigenvalue weighted by Gasteiger charge is 2.27. The van der Waals surface area contributed by atoms with Crippen molar-refractivity contribution in [2.45, 2.75) is 46.6 Å². The Morgan fingerprint density at radius 2 is 2.06 bits per heavy atom. The molecule has 1 N–H and O–H groups in total. The van der Waals surface area contributed by atoms with Crippen molar-refractivity contribution in [2.75, 3.05) is 23.3 Å². The van der Waals surface area contributed by atoms with Crippen molar-refractivity contribution in [1.29, 1.82) is 0 Å². The number of ether oxygens (including phenoxy) is 1. The van der Waals surface area contributed by atoms with Crippen molar-refractivity contribution in [2.24, 2.45) is 13.0 Å². The first-order chi connectivity index (χ1) is 15.1. The van der Waals surface area contributed by atoms with Crippen LogP contribution in [0, 0.1) is 29.9 Å². The maximum Gasteiger partial charge on any atom is 0.339 e. The summed E-state index contributed by atoms with van der Waals surface area (Å²) in [6.07, 6.45) is 0.959. The highest BCUT2D eigenvalue weighted by molar-refractivity contribution is 5.98. The van der Waals surface area contributed by atoms with Gasteiger partial charge in [-0.05, 0) is 51.7 Å². The van der Waals surface area contributed by atoms with Gasteiger partial charge in [-0.25, -0.2) is 4.79 Å². The van der Waals surface area contributed by atoms with E-state index in [2.05, 4.69) is 17.3 Å². The van der Waals surface area contributed by atoms with Gasteiger partial charge in [0, 0.05) is 26.2 Å². The largest absolute Gasteiger partial charge is 0.449 e. The molecule has 1 aromatic heterocycles. The van der Waals surface area contributed by atoms with Crippen molar-refractivity contribution in [3.05, 3.63) is 45.3 Å². The number of nitro benzene ring substituents is 1. The average Bonchev–Trinajstić information content (AvgIpc) is 2.99. The van der Waals surface area contributed by atoms with Crippen LogP contribution in [0.4, 0.5) is 17.1 Å². The molecule has 0 unspecified atom stereocenters. The summed E-state index contributed by atoms with van der Waals surface area (Å²) < 4.78 is 6.92. The normalized spacial score (nSPS) is 17.0. The first-order valence-electron chi connectivity index (χ1n) is 10.6. The van der Waals surface area contributed by atoms with E-state index in [0.29, 0.717) is 23.0 Å². The number of rotatable bonds is 6. The van der Waals surface area contributed by atoms with Gasteiger partial charge < -0.3 is 15.0 Å². The minimum atomic E-state index is -1.09. The van der Waals surface area contributed by atoms with Gasteiger partial charge in [0.05, 0.1) is 27.6 Å². The number of benzene rings is 1. The van der Waals surface area contributed by atoms with Crippen LogP contribution in [0.25, 0.3) is 0 Å². The molecule has 0 saturated carbocycles. The number of esters is 1. The molecule has 2 heterocycles. The number of hydrogen-bond donors (Lipinski definition) is 1. The highest BCUT2D eigenvalue weighted by Crippen LogP contribution is 2.32. The summed E-state index contributed by atoms with van der Waals surface area (Å²) in [5, 5.41) is 18.6. The van der Waals surface area contributed by atoms with Crippen LogP contribution in [0.5, 0.6) is 0 Å². The number of anilines is 2. The molecule has 0 aliphatic carbocycles. The molecular weight excluding hydrogens is 414 g/mol. The molecule has 0 radical (unpaired) electrons. The van der Waals surface area contributed by atoms with Gasteiger partial charge in [0.25, 0.3) is 11.6 Å². The molecule has 10 nitrogen and oxygen atoms in total. The molecular formula is C22H29N5O5. The average molecular weight is 444 g/mol. The summed E-state index contributed by atoms with van der Waals surface area (Å²) in [4.78, 5) is 38.3. The zero-order valence-electron chi connectivity index (χ0n) is 19.0. The molecule has 1 aliphatic rings. The van der Waals surface area contributed by atoms with Crippen molar-refractivity contribution < 1.29 is 19.2 Å². The van der Waals surface area contributed by atoms with Gasteiger partial charge in [-0.2, -0.15) is 5.10 Å². The molecule has 2 aromatic rings. The Bertz CT molecular complexity index is 1050. The predicted octanol–water partition coefficient (Wildman–Crippen LogP) is 3.37. The van der Waals surface area contributed by atoms with Gasteiger partial charge in [0.15, 0.2) is 6.10 Å². The lowest BCUT2D eigenvalue weighted by molar-refractivity contribution is -0.384. The number of hydrogen-bond acceptors (Lipinski definition) is 7. The molecule has 1 aliphatic heterocycles. The highest BCUT2D eigenvalue weighted by atomic mass is 16.6. The number of piperidine rings is 1. The van der Waals surface area contributed by atoms with E-state index in [1.807, 2.05) is 11.8 Å². The standard InChI is InChI=1S/C22H29N5O5/c1-13-7-6-10-26(12-13)18-9-8-17(11-19(18)27(30)31)22(29)32-16(4)21(28)23-20-14(2)24-25(5)15(20)3/h8-9,11,13,16H,6-7,10,12H2,1-5H3,(H,23,28)/t13-,16-/m1/s1. The Kier molecular flexibility index (Phi) is 6.81. The lowest BCUT2D eigenvalue weighted by Crippen LogP contribution is -2.34. The van der Waals surface area contributed by atoms with Gasteiger partial charge in [-0.3, -0.25) is 19.6 Å². The van der Waals surface area contributed by atoms with Gasteiger partial charge in [-0.1, -0.05) is 6.92 Å². The van der Waals surface area contributed by atoms with Crippen LogP contribution >= 0.6 is 0 Å². The topological polar surface area (TPSA) is 120 Å².